The molecule has 0 radical (unpaired) electrons. The van der Waals surface area contributed by atoms with Crippen LogP contribution in [0.3, 0.4) is 0 Å². The van der Waals surface area contributed by atoms with Crippen molar-refractivity contribution in [1.82, 2.24) is 0 Å². The molecule has 0 amide bonds. The van der Waals surface area contributed by atoms with Gasteiger partial charge in [0.05, 0.1) is 5.41 Å². The Balaban J connectivity index is 4.41. The molecule has 0 aliphatic heterocycles. The molecule has 0 aromatic carbocycles. The van der Waals surface area contributed by atoms with E-state index in [9.17, 15) is 4.79 Å². The largest absolute Gasteiger partial charge is 0.298 e. The van der Waals surface area contributed by atoms with Gasteiger partial charge in [0.2, 0.25) is 0 Å². The zero-order chi connectivity index (χ0) is 8.20. The van der Waals surface area contributed by atoms with E-state index in [2.05, 4.69) is 18.4 Å². The molecule has 0 saturated carbocycles. The van der Waals surface area contributed by atoms with Gasteiger partial charge in [-0.1, -0.05) is 18.4 Å². The highest BCUT2D eigenvalue weighted by molar-refractivity contribution is 5.84. The lowest BCUT2D eigenvalue weighted by Crippen LogP contribution is -2.18. The Morgan fingerprint density at radius 2 is 2.10 bits per heavy atom. The van der Waals surface area contributed by atoms with Crippen LogP contribution in [0.4, 0.5) is 0 Å². The first-order chi connectivity index (χ1) is 4.50. The van der Waals surface area contributed by atoms with Crippen molar-refractivity contribution in [1.29, 1.82) is 0 Å². The molecule has 0 aromatic heterocycles. The number of allylic oxidation sites excluding steroid dienone is 1. The second kappa shape index (κ2) is 3.22. The Bertz CT molecular complexity index is 201. The Morgan fingerprint density at radius 1 is 1.60 bits per heavy atom. The van der Waals surface area contributed by atoms with E-state index in [1.165, 1.54) is 13.0 Å². The zero-order valence-electron chi connectivity index (χ0n) is 6.69. The van der Waals surface area contributed by atoms with Crippen LogP contribution in [0.2, 0.25) is 0 Å². The fourth-order valence-electron chi connectivity index (χ4n) is 0.319. The van der Waals surface area contributed by atoms with E-state index in [1.807, 2.05) is 0 Å². The molecule has 0 aromatic rings. The first-order valence-corrected chi connectivity index (χ1v) is 3.15. The summed E-state index contributed by atoms with van der Waals surface area (Å²) in [6.45, 7) is 8.57. The topological polar surface area (TPSA) is 17.1 Å². The van der Waals surface area contributed by atoms with Crippen LogP contribution < -0.4 is 0 Å². The average molecular weight is 136 g/mol. The first kappa shape index (κ1) is 8.97. The predicted octanol–water partition coefficient (Wildman–Crippen LogP) is 1.79. The third kappa shape index (κ3) is 2.50. The van der Waals surface area contributed by atoms with Crippen molar-refractivity contribution in [3.8, 4) is 11.8 Å². The fourth-order valence-corrected chi connectivity index (χ4v) is 0.319. The second-order valence-electron chi connectivity index (χ2n) is 2.65. The smallest absolute Gasteiger partial charge is 0.147 e. The highest BCUT2D eigenvalue weighted by Crippen LogP contribution is 2.13. The van der Waals surface area contributed by atoms with Crippen molar-refractivity contribution in [2.75, 3.05) is 0 Å². The SMILES string of the molecule is C=CC#CC(C)(C)C(C)=O. The monoisotopic (exact) mass is 136 g/mol. The van der Waals surface area contributed by atoms with Gasteiger partial charge in [-0.05, 0) is 26.8 Å². The molecule has 0 unspecified atom stereocenters. The van der Waals surface area contributed by atoms with Crippen molar-refractivity contribution in [2.24, 2.45) is 5.41 Å². The number of hydrogen-bond acceptors (Lipinski definition) is 1. The summed E-state index contributed by atoms with van der Waals surface area (Å²) in [5.74, 6) is 5.54. The number of Topliss-reactive ketones (excluding diaryl/α,β-unsaturated/α-hetero) is 1. The Morgan fingerprint density at radius 3 is 2.40 bits per heavy atom. The lowest BCUT2D eigenvalue weighted by molar-refractivity contribution is -0.122. The van der Waals surface area contributed by atoms with Crippen LogP contribution in [-0.2, 0) is 4.79 Å². The van der Waals surface area contributed by atoms with Crippen molar-refractivity contribution < 1.29 is 4.79 Å². The third-order valence-electron chi connectivity index (χ3n) is 1.37. The molecular formula is C9H12O. The number of carbonyl (C=O) groups is 1. The van der Waals surface area contributed by atoms with Gasteiger partial charge >= 0.3 is 0 Å². The highest BCUT2D eigenvalue weighted by atomic mass is 16.1. The second-order valence-corrected chi connectivity index (χ2v) is 2.65. The van der Waals surface area contributed by atoms with Gasteiger partial charge in [0, 0.05) is 0 Å². The molecule has 54 valence electrons. The van der Waals surface area contributed by atoms with Gasteiger partial charge in [0.1, 0.15) is 5.78 Å². The highest BCUT2D eigenvalue weighted by Gasteiger charge is 2.19. The molecule has 0 spiro atoms. The Hall–Kier alpha value is -1.03. The fraction of sp³-hybridized carbons (Fsp3) is 0.444. The molecule has 0 rings (SSSR count). The van der Waals surface area contributed by atoms with Crippen LogP contribution in [0.5, 0.6) is 0 Å². The van der Waals surface area contributed by atoms with Crippen LogP contribution in [0.25, 0.3) is 0 Å². The van der Waals surface area contributed by atoms with Gasteiger partial charge in [-0.15, -0.1) is 0 Å². The van der Waals surface area contributed by atoms with E-state index >= 15 is 0 Å². The molecule has 10 heavy (non-hydrogen) atoms. The van der Waals surface area contributed by atoms with Gasteiger partial charge in [-0.2, -0.15) is 0 Å². The summed E-state index contributed by atoms with van der Waals surface area (Å²) < 4.78 is 0. The Kier molecular flexibility index (Phi) is 2.89. The quantitative estimate of drug-likeness (QED) is 0.502. The normalized spacial score (nSPS) is 9.50. The molecule has 0 heterocycles. The standard InChI is InChI=1S/C9H12O/c1-5-6-7-9(3,4)8(2)10/h5H,1H2,2-4H3. The van der Waals surface area contributed by atoms with Gasteiger partial charge in [-0.25, -0.2) is 0 Å². The van der Waals surface area contributed by atoms with Crippen molar-refractivity contribution >= 4 is 5.78 Å². The van der Waals surface area contributed by atoms with E-state index in [1.54, 1.807) is 13.8 Å². The molecule has 0 N–H and O–H groups in total. The van der Waals surface area contributed by atoms with Crippen molar-refractivity contribution in [2.45, 2.75) is 20.8 Å². The molecule has 0 aliphatic rings. The lowest BCUT2D eigenvalue weighted by atomic mass is 9.90. The summed E-state index contributed by atoms with van der Waals surface area (Å²) in [4.78, 5) is 10.8. The first-order valence-electron chi connectivity index (χ1n) is 3.15. The van der Waals surface area contributed by atoms with Crippen LogP contribution in [-0.4, -0.2) is 5.78 Å². The minimum absolute atomic E-state index is 0.0850. The zero-order valence-corrected chi connectivity index (χ0v) is 6.69. The van der Waals surface area contributed by atoms with Gasteiger partial charge in [0.15, 0.2) is 0 Å². The van der Waals surface area contributed by atoms with E-state index in [-0.39, 0.29) is 5.78 Å². The molecular weight excluding hydrogens is 124 g/mol. The Labute approximate surface area is 62.1 Å². The van der Waals surface area contributed by atoms with E-state index in [4.69, 9.17) is 0 Å². The number of carbonyl (C=O) groups excluding carboxylic acids is 1. The third-order valence-corrected chi connectivity index (χ3v) is 1.37. The average Bonchev–Trinajstić information content (AvgIpc) is 1.84. The maximum absolute atomic E-state index is 10.8. The van der Waals surface area contributed by atoms with E-state index in [0.29, 0.717) is 0 Å². The number of hydrogen-bond donors (Lipinski definition) is 0. The van der Waals surface area contributed by atoms with Crippen LogP contribution in [0, 0.1) is 17.3 Å². The maximum Gasteiger partial charge on any atom is 0.147 e. The molecule has 1 nitrogen and oxygen atoms in total. The molecule has 0 fully saturated rings. The maximum atomic E-state index is 10.8. The van der Waals surface area contributed by atoms with E-state index < -0.39 is 5.41 Å². The van der Waals surface area contributed by atoms with Gasteiger partial charge in [-0.3, -0.25) is 4.79 Å². The molecule has 1 heteroatoms. The van der Waals surface area contributed by atoms with Gasteiger partial charge < -0.3 is 0 Å². The van der Waals surface area contributed by atoms with Gasteiger partial charge in [0.25, 0.3) is 0 Å². The molecule has 0 atom stereocenters. The number of ketones is 1. The summed E-state index contributed by atoms with van der Waals surface area (Å²) >= 11 is 0. The molecule has 0 bridgehead atoms. The lowest BCUT2D eigenvalue weighted by Gasteiger charge is -2.11. The minimum Gasteiger partial charge on any atom is -0.298 e. The minimum atomic E-state index is -0.520. The summed E-state index contributed by atoms with van der Waals surface area (Å²) in [6.07, 6.45) is 1.49. The molecule has 0 saturated heterocycles. The van der Waals surface area contributed by atoms with E-state index in [0.717, 1.165) is 0 Å². The summed E-state index contributed by atoms with van der Waals surface area (Å²) in [6, 6.07) is 0. The summed E-state index contributed by atoms with van der Waals surface area (Å²) in [5.41, 5.74) is -0.520. The van der Waals surface area contributed by atoms with Crippen molar-refractivity contribution in [3.63, 3.8) is 0 Å². The summed E-state index contributed by atoms with van der Waals surface area (Å²) in [7, 11) is 0. The molecule has 0 aliphatic carbocycles. The van der Waals surface area contributed by atoms with Crippen molar-refractivity contribution in [3.05, 3.63) is 12.7 Å². The number of rotatable bonds is 1. The summed E-state index contributed by atoms with van der Waals surface area (Å²) in [5, 5.41) is 0. The van der Waals surface area contributed by atoms with Crippen LogP contribution in [0.15, 0.2) is 12.7 Å². The van der Waals surface area contributed by atoms with Crippen LogP contribution >= 0.6 is 0 Å². The van der Waals surface area contributed by atoms with Crippen LogP contribution in [0.1, 0.15) is 20.8 Å². The predicted molar refractivity (Wildman–Crippen MR) is 42.4 cm³/mol.